The molecule has 0 aliphatic carbocycles. The Hall–Kier alpha value is -0.320. The maximum atomic E-state index is 9.94. The Labute approximate surface area is 116 Å². The summed E-state index contributed by atoms with van der Waals surface area (Å²) in [6, 6.07) is 0. The first-order chi connectivity index (χ1) is 9.25. The van der Waals surface area contributed by atoms with Gasteiger partial charge in [-0.3, -0.25) is 0 Å². The molecule has 0 aromatic rings. The molecular formula is C12H21O8. The van der Waals surface area contributed by atoms with Gasteiger partial charge in [0.25, 0.3) is 0 Å². The number of hydrogen-bond acceptors (Lipinski definition) is 8. The predicted octanol–water partition coefficient (Wildman–Crippen LogP) is -3.11. The maximum Gasteiger partial charge on any atom is 0.160 e. The average Bonchev–Trinajstić information content (AvgIpc) is 2.42. The Morgan fingerprint density at radius 1 is 0.700 bits per heavy atom. The van der Waals surface area contributed by atoms with Crippen LogP contribution in [0.5, 0.6) is 0 Å². The van der Waals surface area contributed by atoms with Gasteiger partial charge in [0.05, 0.1) is 12.2 Å². The van der Waals surface area contributed by atoms with E-state index in [4.69, 9.17) is 9.47 Å². The Morgan fingerprint density at radius 3 is 1.85 bits per heavy atom. The van der Waals surface area contributed by atoms with E-state index in [-0.39, 0.29) is 6.10 Å². The van der Waals surface area contributed by atoms with Gasteiger partial charge in [-0.05, 0) is 13.8 Å². The van der Waals surface area contributed by atoms with Crippen LogP contribution in [-0.4, -0.2) is 85.6 Å². The van der Waals surface area contributed by atoms with Crippen LogP contribution in [0.4, 0.5) is 0 Å². The van der Waals surface area contributed by atoms with Crippen LogP contribution in [-0.2, 0) is 9.47 Å². The molecule has 8 nitrogen and oxygen atoms in total. The van der Waals surface area contributed by atoms with Gasteiger partial charge >= 0.3 is 0 Å². The summed E-state index contributed by atoms with van der Waals surface area (Å²) in [7, 11) is 0. The molecule has 2 aliphatic rings. The van der Waals surface area contributed by atoms with E-state index >= 15 is 0 Å². The molecule has 0 saturated carbocycles. The highest BCUT2D eigenvalue weighted by Crippen LogP contribution is 2.35. The summed E-state index contributed by atoms with van der Waals surface area (Å²) >= 11 is 0. The van der Waals surface area contributed by atoms with Gasteiger partial charge in [0.1, 0.15) is 42.7 Å². The standard InChI is InChI=1S/C12H21O8/c1-3-5(13)7(15)9(17)11(19-3)12-10(18)8(16)6(14)4(2)20-12/h3-11,13-18H,1-2H3/t3-,4-,5-,6-,7+,8+,9+,10+,11?/m1/s1. The molecule has 2 aliphatic heterocycles. The van der Waals surface area contributed by atoms with Gasteiger partial charge < -0.3 is 40.1 Å². The van der Waals surface area contributed by atoms with E-state index in [1.807, 2.05) is 0 Å². The molecule has 2 heterocycles. The van der Waals surface area contributed by atoms with E-state index in [0.717, 1.165) is 0 Å². The predicted molar refractivity (Wildman–Crippen MR) is 64.2 cm³/mol. The molecule has 0 aromatic carbocycles. The third-order valence-electron chi connectivity index (χ3n) is 3.90. The summed E-state index contributed by atoms with van der Waals surface area (Å²) in [5.41, 5.74) is 0. The molecule has 20 heavy (non-hydrogen) atoms. The van der Waals surface area contributed by atoms with Gasteiger partial charge in [0.2, 0.25) is 0 Å². The Kier molecular flexibility index (Phi) is 4.67. The summed E-state index contributed by atoms with van der Waals surface area (Å²) in [5.74, 6) is 0. The molecule has 117 valence electrons. The highest BCUT2D eigenvalue weighted by molar-refractivity contribution is 5.11. The fraction of sp³-hybridized carbons (Fsp3) is 0.917. The lowest BCUT2D eigenvalue weighted by molar-refractivity contribution is -0.258. The fourth-order valence-corrected chi connectivity index (χ4v) is 2.51. The fourth-order valence-electron chi connectivity index (χ4n) is 2.51. The minimum Gasteiger partial charge on any atom is -0.388 e. The van der Waals surface area contributed by atoms with E-state index in [1.165, 1.54) is 13.8 Å². The van der Waals surface area contributed by atoms with Gasteiger partial charge in [-0.15, -0.1) is 0 Å². The lowest BCUT2D eigenvalue weighted by Gasteiger charge is -2.47. The Balaban J connectivity index is 2.17. The van der Waals surface area contributed by atoms with Crippen molar-refractivity contribution in [2.24, 2.45) is 0 Å². The molecule has 0 bridgehead atoms. The number of ether oxygens (including phenoxy) is 2. The van der Waals surface area contributed by atoms with Crippen molar-refractivity contribution in [3.63, 3.8) is 0 Å². The second-order valence-corrected chi connectivity index (χ2v) is 5.38. The van der Waals surface area contributed by atoms with Gasteiger partial charge in [-0.2, -0.15) is 0 Å². The van der Waals surface area contributed by atoms with Crippen molar-refractivity contribution in [1.29, 1.82) is 0 Å². The van der Waals surface area contributed by atoms with E-state index in [9.17, 15) is 30.6 Å². The third kappa shape index (κ3) is 2.58. The van der Waals surface area contributed by atoms with E-state index in [1.54, 1.807) is 0 Å². The minimum absolute atomic E-state index is 0.166. The van der Waals surface area contributed by atoms with Crippen LogP contribution in [0.2, 0.25) is 0 Å². The second-order valence-electron chi connectivity index (χ2n) is 5.38. The van der Waals surface area contributed by atoms with Crippen LogP contribution in [0.1, 0.15) is 13.8 Å². The topological polar surface area (TPSA) is 140 Å². The van der Waals surface area contributed by atoms with Crippen molar-refractivity contribution in [2.45, 2.75) is 68.8 Å². The average molecular weight is 293 g/mol. The van der Waals surface area contributed by atoms with Crippen LogP contribution in [0.25, 0.3) is 0 Å². The van der Waals surface area contributed by atoms with Crippen LogP contribution in [0, 0.1) is 6.10 Å². The molecule has 2 rings (SSSR count). The van der Waals surface area contributed by atoms with Gasteiger partial charge in [-0.25, -0.2) is 0 Å². The molecule has 8 heteroatoms. The molecule has 2 saturated heterocycles. The molecule has 6 N–H and O–H groups in total. The Morgan fingerprint density at radius 2 is 1.25 bits per heavy atom. The first-order valence-corrected chi connectivity index (χ1v) is 6.53. The Bertz CT molecular complexity index is 307. The summed E-state index contributed by atoms with van der Waals surface area (Å²) in [5, 5.41) is 58.6. The zero-order valence-corrected chi connectivity index (χ0v) is 11.2. The highest BCUT2D eigenvalue weighted by atomic mass is 16.6. The van der Waals surface area contributed by atoms with Crippen molar-refractivity contribution in [2.75, 3.05) is 0 Å². The number of hydrogen-bond donors (Lipinski definition) is 6. The smallest absolute Gasteiger partial charge is 0.160 e. The SMILES string of the molecule is C[C@H]1O[C](C2O[C@H](C)[C@@H](O)[C@H](O)[C@@H]2O)[C@@H](O)[C@@H](O)[C@@H]1O. The normalized spacial score (nSPS) is 54.9. The number of aliphatic hydroxyl groups excluding tert-OH is 6. The molecule has 2 fully saturated rings. The summed E-state index contributed by atoms with van der Waals surface area (Å²) in [4.78, 5) is 0. The van der Waals surface area contributed by atoms with Gasteiger partial charge in [0, 0.05) is 0 Å². The zero-order chi connectivity index (χ0) is 15.2. The molecule has 0 spiro atoms. The van der Waals surface area contributed by atoms with Crippen molar-refractivity contribution >= 4 is 0 Å². The molecule has 9 atom stereocenters. The first-order valence-electron chi connectivity index (χ1n) is 6.53. The zero-order valence-electron chi connectivity index (χ0n) is 11.2. The highest BCUT2D eigenvalue weighted by Gasteiger charge is 2.53. The largest absolute Gasteiger partial charge is 0.388 e. The first kappa shape index (κ1) is 16.1. The molecule has 1 unspecified atom stereocenters. The quantitative estimate of drug-likeness (QED) is 0.298. The van der Waals surface area contributed by atoms with Crippen LogP contribution in [0.15, 0.2) is 0 Å². The van der Waals surface area contributed by atoms with Crippen molar-refractivity contribution in [1.82, 2.24) is 0 Å². The van der Waals surface area contributed by atoms with Crippen molar-refractivity contribution < 1.29 is 40.1 Å². The summed E-state index contributed by atoms with van der Waals surface area (Å²) in [6.07, 6.45) is -11.5. The van der Waals surface area contributed by atoms with E-state index in [0.29, 0.717) is 0 Å². The van der Waals surface area contributed by atoms with E-state index in [2.05, 4.69) is 0 Å². The lowest BCUT2D eigenvalue weighted by atomic mass is 9.86. The molecule has 0 amide bonds. The lowest BCUT2D eigenvalue weighted by Crippen LogP contribution is -2.64. The third-order valence-corrected chi connectivity index (χ3v) is 3.90. The summed E-state index contributed by atoms with van der Waals surface area (Å²) < 4.78 is 10.7. The number of rotatable bonds is 1. The monoisotopic (exact) mass is 293 g/mol. The summed E-state index contributed by atoms with van der Waals surface area (Å²) in [6.45, 7) is 2.99. The maximum absolute atomic E-state index is 9.94. The van der Waals surface area contributed by atoms with Crippen molar-refractivity contribution in [3.8, 4) is 0 Å². The minimum atomic E-state index is -1.56. The van der Waals surface area contributed by atoms with Crippen LogP contribution < -0.4 is 0 Å². The van der Waals surface area contributed by atoms with Gasteiger partial charge in [0.15, 0.2) is 6.10 Å². The van der Waals surface area contributed by atoms with Crippen molar-refractivity contribution in [3.05, 3.63) is 6.10 Å². The van der Waals surface area contributed by atoms with Gasteiger partial charge in [-0.1, -0.05) is 0 Å². The van der Waals surface area contributed by atoms with Crippen LogP contribution in [0.3, 0.4) is 0 Å². The molecular weight excluding hydrogens is 272 g/mol. The second kappa shape index (κ2) is 5.82. The van der Waals surface area contributed by atoms with E-state index < -0.39 is 54.9 Å². The molecule has 0 aromatic heterocycles. The molecule has 1 radical (unpaired) electrons. The van der Waals surface area contributed by atoms with Crippen LogP contribution >= 0.6 is 0 Å². The number of aliphatic hydroxyl groups is 6.